The Morgan fingerprint density at radius 1 is 1.31 bits per heavy atom. The lowest BCUT2D eigenvalue weighted by Crippen LogP contribution is -2.20. The zero-order valence-electron chi connectivity index (χ0n) is 8.42. The number of carbonyl (C=O) groups is 2. The van der Waals surface area contributed by atoms with Crippen LogP contribution < -0.4 is 5.32 Å². The summed E-state index contributed by atoms with van der Waals surface area (Å²) < 4.78 is 4.52. The summed E-state index contributed by atoms with van der Waals surface area (Å²) in [4.78, 5) is 21.8. The van der Waals surface area contributed by atoms with Crippen molar-refractivity contribution in [3.8, 4) is 0 Å². The lowest BCUT2D eigenvalue weighted by molar-refractivity contribution is -0.144. The molecule has 16 heavy (non-hydrogen) atoms. The Bertz CT molecular complexity index is 400. The monoisotopic (exact) mass is 261 g/mol. The second-order valence-electron chi connectivity index (χ2n) is 2.93. The minimum atomic E-state index is -0.527. The molecule has 0 unspecified atom stereocenters. The molecule has 0 spiro atoms. The third-order valence-electron chi connectivity index (χ3n) is 1.63. The quantitative estimate of drug-likeness (QED) is 0.851. The van der Waals surface area contributed by atoms with E-state index in [0.29, 0.717) is 15.7 Å². The van der Waals surface area contributed by atoms with Gasteiger partial charge in [0.05, 0.1) is 15.7 Å². The fourth-order valence-electron chi connectivity index (χ4n) is 0.960. The Morgan fingerprint density at radius 2 is 1.88 bits per heavy atom. The van der Waals surface area contributed by atoms with Gasteiger partial charge in [0.25, 0.3) is 5.91 Å². The summed E-state index contributed by atoms with van der Waals surface area (Å²) in [6, 6.07) is 4.84. The van der Waals surface area contributed by atoms with Gasteiger partial charge in [-0.1, -0.05) is 29.3 Å². The summed E-state index contributed by atoms with van der Waals surface area (Å²) in [5.74, 6) is -1.02. The topological polar surface area (TPSA) is 55.4 Å². The zero-order valence-corrected chi connectivity index (χ0v) is 9.93. The van der Waals surface area contributed by atoms with Gasteiger partial charge in [0.15, 0.2) is 6.61 Å². The number of halogens is 2. The van der Waals surface area contributed by atoms with Gasteiger partial charge >= 0.3 is 5.97 Å². The first-order valence-corrected chi connectivity index (χ1v) is 5.13. The van der Waals surface area contributed by atoms with E-state index in [4.69, 9.17) is 23.2 Å². The van der Waals surface area contributed by atoms with Gasteiger partial charge in [-0.25, -0.2) is 0 Å². The van der Waals surface area contributed by atoms with Gasteiger partial charge < -0.3 is 10.1 Å². The van der Waals surface area contributed by atoms with Gasteiger partial charge in [-0.3, -0.25) is 9.59 Å². The van der Waals surface area contributed by atoms with Crippen LogP contribution in [0.1, 0.15) is 6.92 Å². The maximum Gasteiger partial charge on any atom is 0.303 e. The van der Waals surface area contributed by atoms with Crippen molar-refractivity contribution in [2.45, 2.75) is 6.92 Å². The van der Waals surface area contributed by atoms with Crippen molar-refractivity contribution in [2.75, 3.05) is 11.9 Å². The molecular formula is C10H9Cl2NO3. The lowest BCUT2D eigenvalue weighted by Gasteiger charge is -2.08. The van der Waals surface area contributed by atoms with Gasteiger partial charge in [0.1, 0.15) is 0 Å². The molecule has 1 N–H and O–H groups in total. The SMILES string of the molecule is CC(=O)OCC(=O)Nc1c(Cl)cccc1Cl. The summed E-state index contributed by atoms with van der Waals surface area (Å²) in [6.45, 7) is 0.854. The molecule has 0 aromatic heterocycles. The molecule has 0 heterocycles. The minimum absolute atomic E-state index is 0.308. The van der Waals surface area contributed by atoms with Crippen molar-refractivity contribution >= 4 is 40.8 Å². The van der Waals surface area contributed by atoms with Crippen LogP contribution in [0.25, 0.3) is 0 Å². The molecule has 0 aliphatic rings. The number of anilines is 1. The van der Waals surface area contributed by atoms with E-state index in [1.165, 1.54) is 6.92 Å². The molecule has 0 aliphatic carbocycles. The van der Waals surface area contributed by atoms with Crippen LogP contribution in [-0.2, 0) is 14.3 Å². The molecule has 1 aromatic carbocycles. The molecule has 0 bridgehead atoms. The third-order valence-corrected chi connectivity index (χ3v) is 2.26. The van der Waals surface area contributed by atoms with Crippen molar-refractivity contribution in [3.05, 3.63) is 28.2 Å². The van der Waals surface area contributed by atoms with E-state index in [0.717, 1.165) is 0 Å². The fourth-order valence-corrected chi connectivity index (χ4v) is 1.45. The van der Waals surface area contributed by atoms with E-state index in [1.807, 2.05) is 0 Å². The highest BCUT2D eigenvalue weighted by molar-refractivity contribution is 6.39. The van der Waals surface area contributed by atoms with Crippen LogP contribution in [0.4, 0.5) is 5.69 Å². The lowest BCUT2D eigenvalue weighted by atomic mass is 10.3. The van der Waals surface area contributed by atoms with Crippen LogP contribution in [-0.4, -0.2) is 18.5 Å². The number of ether oxygens (including phenoxy) is 1. The van der Waals surface area contributed by atoms with Crippen molar-refractivity contribution in [2.24, 2.45) is 0 Å². The number of benzene rings is 1. The first-order valence-electron chi connectivity index (χ1n) is 4.38. The molecule has 4 nitrogen and oxygen atoms in total. The summed E-state index contributed by atoms with van der Waals surface area (Å²) in [7, 11) is 0. The first kappa shape index (κ1) is 12.8. The minimum Gasteiger partial charge on any atom is -0.456 e. The molecule has 0 atom stereocenters. The molecule has 1 amide bonds. The average Bonchev–Trinajstić information content (AvgIpc) is 2.21. The maximum absolute atomic E-state index is 11.3. The van der Waals surface area contributed by atoms with E-state index in [-0.39, 0.29) is 6.61 Å². The van der Waals surface area contributed by atoms with Crippen LogP contribution in [0.5, 0.6) is 0 Å². The van der Waals surface area contributed by atoms with Gasteiger partial charge in [-0.2, -0.15) is 0 Å². The first-order chi connectivity index (χ1) is 7.50. The predicted octanol–water partition coefficient (Wildman–Crippen LogP) is 2.50. The van der Waals surface area contributed by atoms with Gasteiger partial charge in [0.2, 0.25) is 0 Å². The van der Waals surface area contributed by atoms with Gasteiger partial charge in [-0.15, -0.1) is 0 Å². The van der Waals surface area contributed by atoms with Crippen molar-refractivity contribution < 1.29 is 14.3 Å². The molecule has 1 aromatic rings. The largest absolute Gasteiger partial charge is 0.456 e. The number of hydrogen-bond acceptors (Lipinski definition) is 3. The van der Waals surface area contributed by atoms with Crippen molar-refractivity contribution in [1.29, 1.82) is 0 Å². The zero-order chi connectivity index (χ0) is 12.1. The van der Waals surface area contributed by atoms with Crippen molar-refractivity contribution in [3.63, 3.8) is 0 Å². The number of hydrogen-bond donors (Lipinski definition) is 1. The van der Waals surface area contributed by atoms with Crippen LogP contribution in [0.3, 0.4) is 0 Å². The Kier molecular flexibility index (Phi) is 4.58. The van der Waals surface area contributed by atoms with E-state index < -0.39 is 11.9 Å². The number of nitrogens with one attached hydrogen (secondary N) is 1. The number of rotatable bonds is 3. The molecule has 0 saturated carbocycles. The Hall–Kier alpha value is -1.26. The third kappa shape index (κ3) is 3.72. The second kappa shape index (κ2) is 5.72. The van der Waals surface area contributed by atoms with Crippen LogP contribution >= 0.6 is 23.2 Å². The van der Waals surface area contributed by atoms with E-state index in [1.54, 1.807) is 18.2 Å². The standard InChI is InChI=1S/C10H9Cl2NO3/c1-6(14)16-5-9(15)13-10-7(11)3-2-4-8(10)12/h2-4H,5H2,1H3,(H,13,15). The maximum atomic E-state index is 11.3. The number of para-hydroxylation sites is 1. The number of carbonyl (C=O) groups excluding carboxylic acids is 2. The van der Waals surface area contributed by atoms with Crippen LogP contribution in [0.2, 0.25) is 10.0 Å². The van der Waals surface area contributed by atoms with Gasteiger partial charge in [-0.05, 0) is 12.1 Å². The average molecular weight is 262 g/mol. The summed E-state index contributed by atoms with van der Waals surface area (Å²) in [6.07, 6.45) is 0. The van der Waals surface area contributed by atoms with Gasteiger partial charge in [0, 0.05) is 6.92 Å². The Labute approximate surface area is 102 Å². The van der Waals surface area contributed by atoms with E-state index in [9.17, 15) is 9.59 Å². The molecule has 0 saturated heterocycles. The Morgan fingerprint density at radius 3 is 2.38 bits per heavy atom. The molecular weight excluding hydrogens is 253 g/mol. The molecule has 0 radical (unpaired) electrons. The van der Waals surface area contributed by atoms with Crippen LogP contribution in [0, 0.1) is 0 Å². The molecule has 0 aliphatic heterocycles. The van der Waals surface area contributed by atoms with Crippen molar-refractivity contribution in [1.82, 2.24) is 0 Å². The normalized spacial score (nSPS) is 9.69. The second-order valence-corrected chi connectivity index (χ2v) is 3.74. The number of amides is 1. The number of esters is 1. The summed E-state index contributed by atoms with van der Waals surface area (Å²) in [5, 5.41) is 3.10. The summed E-state index contributed by atoms with van der Waals surface area (Å²) in [5.41, 5.74) is 0.308. The molecule has 6 heteroatoms. The predicted molar refractivity (Wildman–Crippen MR) is 61.7 cm³/mol. The van der Waals surface area contributed by atoms with Crippen LogP contribution in [0.15, 0.2) is 18.2 Å². The van der Waals surface area contributed by atoms with E-state index >= 15 is 0 Å². The highest BCUT2D eigenvalue weighted by Gasteiger charge is 2.10. The highest BCUT2D eigenvalue weighted by atomic mass is 35.5. The van der Waals surface area contributed by atoms with E-state index in [2.05, 4.69) is 10.1 Å². The fraction of sp³-hybridized carbons (Fsp3) is 0.200. The summed E-state index contributed by atoms with van der Waals surface area (Å²) >= 11 is 11.7. The molecule has 0 fully saturated rings. The molecule has 1 rings (SSSR count). The smallest absolute Gasteiger partial charge is 0.303 e. The highest BCUT2D eigenvalue weighted by Crippen LogP contribution is 2.29. The molecule has 86 valence electrons. The Balaban J connectivity index is 2.66.